The van der Waals surface area contributed by atoms with Crippen LogP contribution in [0, 0.1) is 17.5 Å². The quantitative estimate of drug-likeness (QED) is 0.593. The maximum absolute atomic E-state index is 14.7. The number of ether oxygens (including phenoxy) is 1. The average Bonchev–Trinajstić information content (AvgIpc) is 2.65. The van der Waals surface area contributed by atoms with Gasteiger partial charge in [0.2, 0.25) is 0 Å². The minimum atomic E-state index is -0.941. The first kappa shape index (κ1) is 18.7. The van der Waals surface area contributed by atoms with E-state index in [0.717, 1.165) is 25.7 Å². The average molecular weight is 360 g/mol. The molecule has 2 atom stereocenters. The second-order valence-corrected chi connectivity index (χ2v) is 6.79. The lowest BCUT2D eigenvalue weighted by atomic mass is 9.88. The molecule has 138 valence electrons. The minimum Gasteiger partial charge on any atom is -0.378 e. The van der Waals surface area contributed by atoms with Crippen molar-refractivity contribution in [2.45, 2.75) is 44.6 Å². The molecule has 1 aliphatic heterocycles. The third-order valence-corrected chi connectivity index (χ3v) is 5.06. The summed E-state index contributed by atoms with van der Waals surface area (Å²) in [5, 5.41) is 0. The maximum atomic E-state index is 14.7. The topological polar surface area (TPSA) is 9.23 Å². The van der Waals surface area contributed by atoms with Gasteiger partial charge in [0.1, 0.15) is 5.82 Å². The van der Waals surface area contributed by atoms with Gasteiger partial charge in [-0.25, -0.2) is 13.2 Å². The van der Waals surface area contributed by atoms with Crippen LogP contribution in [0.3, 0.4) is 0 Å². The van der Waals surface area contributed by atoms with Crippen molar-refractivity contribution in [3.63, 3.8) is 0 Å². The van der Waals surface area contributed by atoms with E-state index in [4.69, 9.17) is 4.74 Å². The predicted molar refractivity (Wildman–Crippen MR) is 98.5 cm³/mol. The molecule has 0 amide bonds. The molecule has 0 aliphatic carbocycles. The Balaban J connectivity index is 1.85. The van der Waals surface area contributed by atoms with Crippen molar-refractivity contribution < 1.29 is 17.9 Å². The number of hydrogen-bond acceptors (Lipinski definition) is 1. The van der Waals surface area contributed by atoms with Gasteiger partial charge in [-0.15, -0.1) is 0 Å². The second-order valence-electron chi connectivity index (χ2n) is 6.79. The fourth-order valence-corrected chi connectivity index (χ4v) is 3.56. The summed E-state index contributed by atoms with van der Waals surface area (Å²) in [5.74, 6) is -2.46. The summed E-state index contributed by atoms with van der Waals surface area (Å²) < 4.78 is 49.1. The summed E-state index contributed by atoms with van der Waals surface area (Å²) in [4.78, 5) is 0. The molecule has 1 nitrogen and oxygen atoms in total. The summed E-state index contributed by atoms with van der Waals surface area (Å²) in [6.07, 6.45) is 5.28. The monoisotopic (exact) mass is 360 g/mol. The van der Waals surface area contributed by atoms with Gasteiger partial charge in [0.15, 0.2) is 11.6 Å². The Morgan fingerprint density at radius 3 is 2.54 bits per heavy atom. The fourth-order valence-electron chi connectivity index (χ4n) is 3.56. The molecule has 3 rings (SSSR count). The van der Waals surface area contributed by atoms with Crippen LogP contribution in [0.1, 0.15) is 49.7 Å². The molecular weight excluding hydrogens is 337 g/mol. The van der Waals surface area contributed by atoms with Gasteiger partial charge in [-0.05, 0) is 36.5 Å². The number of benzene rings is 2. The van der Waals surface area contributed by atoms with E-state index in [1.807, 2.05) is 0 Å². The molecule has 2 aromatic carbocycles. The van der Waals surface area contributed by atoms with Crippen LogP contribution in [0.15, 0.2) is 36.9 Å². The van der Waals surface area contributed by atoms with E-state index in [-0.39, 0.29) is 17.6 Å². The first-order valence-corrected chi connectivity index (χ1v) is 9.07. The summed E-state index contributed by atoms with van der Waals surface area (Å²) >= 11 is 0. The van der Waals surface area contributed by atoms with Gasteiger partial charge in [-0.1, -0.05) is 50.3 Å². The zero-order valence-corrected chi connectivity index (χ0v) is 14.9. The molecule has 0 aromatic heterocycles. The van der Waals surface area contributed by atoms with Crippen molar-refractivity contribution in [1.82, 2.24) is 0 Å². The third kappa shape index (κ3) is 3.70. The highest BCUT2D eigenvalue weighted by Gasteiger charge is 2.26. The Hall–Kier alpha value is -2.07. The first-order valence-electron chi connectivity index (χ1n) is 9.07. The lowest BCUT2D eigenvalue weighted by Crippen LogP contribution is -2.25. The third-order valence-electron chi connectivity index (χ3n) is 5.06. The number of rotatable bonds is 5. The fraction of sp³-hybridized carbons (Fsp3) is 0.364. The van der Waals surface area contributed by atoms with E-state index in [2.05, 4.69) is 13.5 Å². The Morgan fingerprint density at radius 1 is 1.12 bits per heavy atom. The molecule has 1 heterocycles. The Kier molecular flexibility index (Phi) is 5.82. The summed E-state index contributed by atoms with van der Waals surface area (Å²) in [6, 6.07) is 7.39. The van der Waals surface area contributed by atoms with Crippen molar-refractivity contribution in [2.75, 3.05) is 6.61 Å². The second kappa shape index (κ2) is 8.09. The highest BCUT2D eigenvalue weighted by Crippen LogP contribution is 2.35. The lowest BCUT2D eigenvalue weighted by Gasteiger charge is -2.29. The van der Waals surface area contributed by atoms with Gasteiger partial charge in [-0.2, -0.15) is 0 Å². The van der Waals surface area contributed by atoms with Crippen molar-refractivity contribution in [3.05, 3.63) is 65.5 Å². The minimum absolute atomic E-state index is 0.0568. The van der Waals surface area contributed by atoms with Crippen molar-refractivity contribution >= 4 is 6.08 Å². The molecule has 26 heavy (non-hydrogen) atoms. The molecule has 4 heteroatoms. The molecule has 1 saturated heterocycles. The molecule has 2 aromatic rings. The Morgan fingerprint density at radius 2 is 1.92 bits per heavy atom. The summed E-state index contributed by atoms with van der Waals surface area (Å²) in [7, 11) is 0. The summed E-state index contributed by atoms with van der Waals surface area (Å²) in [5.41, 5.74) is 1.02. The molecule has 0 radical (unpaired) electrons. The van der Waals surface area contributed by atoms with Gasteiger partial charge in [0.25, 0.3) is 0 Å². The Bertz CT molecular complexity index is 792. The van der Waals surface area contributed by atoms with E-state index in [1.165, 1.54) is 24.3 Å². The predicted octanol–water partition coefficient (Wildman–Crippen LogP) is 6.48. The van der Waals surface area contributed by atoms with Crippen molar-refractivity contribution in [1.29, 1.82) is 0 Å². The maximum Gasteiger partial charge on any atom is 0.166 e. The standard InChI is InChI=1S/C22H23F3O/c1-3-5-17-9-8-16(13-26-17)19-11-10-18(21(24)22(19)25)15-7-6-14(4-2)20(23)12-15/h4,6-7,10-12,16-17H,2-3,5,8-9,13H2,1H3. The first-order chi connectivity index (χ1) is 12.5. The van der Waals surface area contributed by atoms with Crippen LogP contribution in [-0.2, 0) is 4.74 Å². The lowest BCUT2D eigenvalue weighted by molar-refractivity contribution is -0.00181. The van der Waals surface area contributed by atoms with Crippen LogP contribution in [-0.4, -0.2) is 12.7 Å². The van der Waals surface area contributed by atoms with Crippen LogP contribution in [0.5, 0.6) is 0 Å². The van der Waals surface area contributed by atoms with E-state index >= 15 is 0 Å². The van der Waals surface area contributed by atoms with Gasteiger partial charge in [0.05, 0.1) is 12.7 Å². The molecule has 1 fully saturated rings. The van der Waals surface area contributed by atoms with E-state index in [1.54, 1.807) is 12.1 Å². The van der Waals surface area contributed by atoms with E-state index < -0.39 is 17.5 Å². The molecule has 2 unspecified atom stereocenters. The molecule has 0 bridgehead atoms. The smallest absolute Gasteiger partial charge is 0.166 e. The number of hydrogen-bond donors (Lipinski definition) is 0. The van der Waals surface area contributed by atoms with Gasteiger partial charge >= 0.3 is 0 Å². The normalized spacial score (nSPS) is 20.2. The SMILES string of the molecule is C=Cc1ccc(-c2ccc(C3CCC(CCC)OC3)c(F)c2F)cc1F. The van der Waals surface area contributed by atoms with E-state index in [0.29, 0.717) is 23.3 Å². The van der Waals surface area contributed by atoms with Crippen LogP contribution in [0.4, 0.5) is 13.2 Å². The summed E-state index contributed by atoms with van der Waals surface area (Å²) in [6.45, 7) is 6.03. The molecule has 0 N–H and O–H groups in total. The van der Waals surface area contributed by atoms with Gasteiger partial charge < -0.3 is 4.74 Å². The van der Waals surface area contributed by atoms with E-state index in [9.17, 15) is 13.2 Å². The molecule has 1 aliphatic rings. The zero-order valence-electron chi connectivity index (χ0n) is 14.9. The number of halogens is 3. The zero-order chi connectivity index (χ0) is 18.7. The van der Waals surface area contributed by atoms with Gasteiger partial charge in [-0.3, -0.25) is 0 Å². The Labute approximate surface area is 152 Å². The van der Waals surface area contributed by atoms with Crippen molar-refractivity contribution in [2.24, 2.45) is 0 Å². The molecular formula is C22H23F3O. The van der Waals surface area contributed by atoms with Gasteiger partial charge in [0, 0.05) is 17.0 Å². The highest BCUT2D eigenvalue weighted by atomic mass is 19.2. The highest BCUT2D eigenvalue weighted by molar-refractivity contribution is 5.67. The van der Waals surface area contributed by atoms with Crippen LogP contribution >= 0.6 is 0 Å². The van der Waals surface area contributed by atoms with Crippen LogP contribution in [0.25, 0.3) is 17.2 Å². The molecule has 0 saturated carbocycles. The van der Waals surface area contributed by atoms with Crippen molar-refractivity contribution in [3.8, 4) is 11.1 Å². The largest absolute Gasteiger partial charge is 0.378 e. The van der Waals surface area contributed by atoms with Crippen LogP contribution < -0.4 is 0 Å². The van der Waals surface area contributed by atoms with Crippen LogP contribution in [0.2, 0.25) is 0 Å². The molecule has 0 spiro atoms.